The van der Waals surface area contributed by atoms with E-state index in [0.717, 1.165) is 29.7 Å². The largest absolute Gasteiger partial charge is 0.385 e. The summed E-state index contributed by atoms with van der Waals surface area (Å²) in [6, 6.07) is 1.84. The molecule has 4 unspecified atom stereocenters. The molecule has 10 atom stereocenters. The topological polar surface area (TPSA) is 225 Å². The predicted molar refractivity (Wildman–Crippen MR) is 164 cm³/mol. The lowest BCUT2D eigenvalue weighted by atomic mass is 10.1. The van der Waals surface area contributed by atoms with Crippen molar-refractivity contribution in [2.75, 3.05) is 30.8 Å². The Morgan fingerprint density at radius 1 is 1.09 bits per heavy atom. The molecular formula is C24H27BFN9O9P2S. The number of rotatable bonds is 2. The van der Waals surface area contributed by atoms with Crippen molar-refractivity contribution in [3.63, 3.8) is 0 Å². The quantitative estimate of drug-likeness (QED) is 0.168. The Morgan fingerprint density at radius 2 is 1.87 bits per heavy atom. The van der Waals surface area contributed by atoms with Crippen molar-refractivity contribution in [2.24, 2.45) is 0 Å². The van der Waals surface area contributed by atoms with Gasteiger partial charge in [0.05, 0.1) is 30.6 Å². The fraction of sp³-hybridized carbons (Fsp3) is 0.542. The summed E-state index contributed by atoms with van der Waals surface area (Å²) in [6.07, 6.45) is -6.12. The molecule has 3 saturated heterocycles. The SMILES string of the molecule is [B]P1(=O)OC[C@H]2O[C@@H](n3nc4c5c(ccnc53)NCCC4)[C@@H](O)C2OP(O)(=S)OC[C@H]2O[C@@H](n3cnc4c(N)ncnc43)C(F)[C@H]2O1. The number of halogens is 1. The van der Waals surface area contributed by atoms with Crippen LogP contribution in [-0.2, 0) is 50.4 Å². The van der Waals surface area contributed by atoms with Gasteiger partial charge in [-0.3, -0.25) is 13.7 Å². The van der Waals surface area contributed by atoms with Crippen molar-refractivity contribution in [3.8, 4) is 0 Å². The first-order chi connectivity index (χ1) is 22.5. The van der Waals surface area contributed by atoms with E-state index in [-0.39, 0.29) is 17.0 Å². The highest BCUT2D eigenvalue weighted by Gasteiger charge is 2.53. The average Bonchev–Trinajstić information content (AvgIpc) is 3.73. The number of aliphatic hydroxyl groups excluding tert-OH is 1. The van der Waals surface area contributed by atoms with Gasteiger partial charge < -0.3 is 44.1 Å². The summed E-state index contributed by atoms with van der Waals surface area (Å²) in [7, 11) is 1.41. The van der Waals surface area contributed by atoms with Crippen molar-refractivity contribution in [3.05, 3.63) is 30.6 Å². The van der Waals surface area contributed by atoms with Gasteiger partial charge in [0.15, 0.2) is 35.7 Å². The number of imidazole rings is 1. The maximum Gasteiger partial charge on any atom is 0.325 e. The normalized spacial score (nSPS) is 37.9. The Kier molecular flexibility index (Phi) is 7.89. The van der Waals surface area contributed by atoms with Crippen LogP contribution < -0.4 is 11.1 Å². The number of nitrogens with two attached hydrogens (primary N) is 1. The van der Waals surface area contributed by atoms with Gasteiger partial charge in [0, 0.05) is 18.4 Å². The van der Waals surface area contributed by atoms with E-state index < -0.39 is 76.6 Å². The number of pyridine rings is 1. The molecule has 5 N–H and O–H groups in total. The fourth-order valence-electron chi connectivity index (χ4n) is 6.26. The van der Waals surface area contributed by atoms with E-state index in [1.165, 1.54) is 21.9 Å². The van der Waals surface area contributed by atoms with Gasteiger partial charge in [-0.15, -0.1) is 0 Å². The van der Waals surface area contributed by atoms with Crippen LogP contribution >= 0.6 is 14.2 Å². The molecule has 4 aromatic heterocycles. The van der Waals surface area contributed by atoms with E-state index in [4.69, 9.17) is 52.7 Å². The molecule has 0 aliphatic carbocycles. The summed E-state index contributed by atoms with van der Waals surface area (Å²) in [5.74, 6) is 0.0665. The minimum absolute atomic E-state index is 0.0665. The molecule has 0 bridgehead atoms. The molecule has 23 heteroatoms. The Morgan fingerprint density at radius 3 is 2.72 bits per heavy atom. The Hall–Kier alpha value is -2.68. The van der Waals surface area contributed by atoms with Gasteiger partial charge in [0.25, 0.3) is 7.47 Å². The summed E-state index contributed by atoms with van der Waals surface area (Å²) in [6.45, 7) is -4.57. The first kappa shape index (κ1) is 31.6. The van der Waals surface area contributed by atoms with Crippen LogP contribution in [0.25, 0.3) is 22.2 Å². The molecule has 0 saturated carbocycles. The number of aromatic nitrogens is 7. The first-order valence-electron chi connectivity index (χ1n) is 14.5. The lowest BCUT2D eigenvalue weighted by molar-refractivity contribution is -0.0601. The molecule has 248 valence electrons. The molecule has 3 fully saturated rings. The second kappa shape index (κ2) is 11.7. The molecule has 4 aromatic rings. The smallest absolute Gasteiger partial charge is 0.325 e. The third kappa shape index (κ3) is 5.56. The van der Waals surface area contributed by atoms with Crippen LogP contribution in [0, 0.1) is 0 Å². The summed E-state index contributed by atoms with van der Waals surface area (Å²) in [5, 5.41) is 20.3. The molecule has 2 radical (unpaired) electrons. The predicted octanol–water partition coefficient (Wildman–Crippen LogP) is 1.02. The summed E-state index contributed by atoms with van der Waals surface area (Å²) < 4.78 is 66.5. The van der Waals surface area contributed by atoms with Crippen LogP contribution in [0.15, 0.2) is 24.9 Å². The third-order valence-electron chi connectivity index (χ3n) is 8.39. The van der Waals surface area contributed by atoms with Gasteiger partial charge in [-0.1, -0.05) is 0 Å². The third-order valence-corrected chi connectivity index (χ3v) is 11.0. The zero-order chi connectivity index (χ0) is 32.7. The molecule has 18 nitrogen and oxygen atoms in total. The Balaban J connectivity index is 1.08. The number of hydrogen-bond donors (Lipinski definition) is 4. The molecular weight excluding hydrogens is 682 g/mol. The standard InChI is InChI=1S/C24H27BFN9O9P2S/c25-45(37)39-6-13-19(17(36)24(42-13)35-21-14-10(3-5-29-21)28-4-1-2-11(14)33-35)44-46(38,47)40-7-12-18(43-45)15(26)23(41-12)34-9-32-16-20(27)30-8-31-22(16)34/h3,5,8-9,12-13,15,17-19,23-24,28,36H,1-2,4,6-7H2,(H,38,47)(H2,27,30,31)/t12-,13-,15?,17+,18+,19?,23-,24-,45?,46?/m1/s1. The second-order valence-corrected chi connectivity index (χ2v) is 15.7. The summed E-state index contributed by atoms with van der Waals surface area (Å²) in [5.41, 5.74) is 8.27. The number of aliphatic hydroxyl groups is 1. The van der Waals surface area contributed by atoms with Crippen molar-refractivity contribution in [2.45, 2.75) is 62.0 Å². The lowest BCUT2D eigenvalue weighted by Gasteiger charge is -2.30. The number of alkyl halides is 1. The maximum atomic E-state index is 16.1. The molecule has 0 aromatic carbocycles. The van der Waals surface area contributed by atoms with Crippen molar-refractivity contribution < 1.29 is 46.5 Å². The molecule has 8 rings (SSSR count). The van der Waals surface area contributed by atoms with E-state index in [2.05, 4.69) is 30.4 Å². The summed E-state index contributed by atoms with van der Waals surface area (Å²) in [4.78, 5) is 27.7. The van der Waals surface area contributed by atoms with E-state index in [0.29, 0.717) is 12.1 Å². The Labute approximate surface area is 271 Å². The second-order valence-electron chi connectivity index (χ2n) is 11.4. The number of anilines is 2. The number of nitrogen functional groups attached to an aromatic ring is 1. The number of nitrogens with zero attached hydrogens (tertiary/aromatic N) is 7. The van der Waals surface area contributed by atoms with Crippen LogP contribution in [-0.4, -0.2) is 108 Å². The first-order valence-corrected chi connectivity index (χ1v) is 18.7. The van der Waals surface area contributed by atoms with Crippen LogP contribution in [0.4, 0.5) is 15.9 Å². The number of fused-ring (bicyclic) bond motifs is 3. The molecule has 4 aliphatic rings. The number of aryl methyl sites for hydroxylation is 1. The van der Waals surface area contributed by atoms with E-state index in [1.54, 1.807) is 6.20 Å². The molecule has 4 aliphatic heterocycles. The van der Waals surface area contributed by atoms with Gasteiger partial charge in [-0.2, -0.15) is 5.10 Å². The van der Waals surface area contributed by atoms with Gasteiger partial charge in [0.1, 0.15) is 42.4 Å². The van der Waals surface area contributed by atoms with Crippen LogP contribution in [0.2, 0.25) is 0 Å². The maximum absolute atomic E-state index is 16.1. The molecule has 0 spiro atoms. The highest BCUT2D eigenvalue weighted by atomic mass is 32.5. The zero-order valence-electron chi connectivity index (χ0n) is 24.2. The zero-order valence-corrected chi connectivity index (χ0v) is 26.8. The minimum atomic E-state index is -4.53. The van der Waals surface area contributed by atoms with Crippen molar-refractivity contribution in [1.29, 1.82) is 0 Å². The van der Waals surface area contributed by atoms with E-state index in [9.17, 15) is 14.6 Å². The van der Waals surface area contributed by atoms with Crippen molar-refractivity contribution >= 4 is 67.3 Å². The Bertz CT molecular complexity index is 1960. The van der Waals surface area contributed by atoms with Gasteiger partial charge in [-0.05, 0) is 30.7 Å². The molecule has 0 amide bonds. The number of ether oxygens (including phenoxy) is 2. The molecule has 8 heterocycles. The average molecular weight is 709 g/mol. The minimum Gasteiger partial charge on any atom is -0.385 e. The van der Waals surface area contributed by atoms with Gasteiger partial charge in [-0.25, -0.2) is 29.0 Å². The monoisotopic (exact) mass is 709 g/mol. The fourth-order valence-corrected chi connectivity index (χ4v) is 8.72. The summed E-state index contributed by atoms with van der Waals surface area (Å²) >= 11 is 5.27. The highest BCUT2D eigenvalue weighted by Crippen LogP contribution is 2.54. The highest BCUT2D eigenvalue weighted by molar-refractivity contribution is 8.07. The van der Waals surface area contributed by atoms with Gasteiger partial charge >= 0.3 is 6.72 Å². The van der Waals surface area contributed by atoms with Crippen LogP contribution in [0.3, 0.4) is 0 Å². The van der Waals surface area contributed by atoms with E-state index >= 15 is 4.39 Å². The van der Waals surface area contributed by atoms with Crippen LogP contribution in [0.1, 0.15) is 24.6 Å². The number of nitrogens with one attached hydrogen (secondary N) is 1. The molecule has 47 heavy (non-hydrogen) atoms. The van der Waals surface area contributed by atoms with Crippen molar-refractivity contribution in [1.82, 2.24) is 34.3 Å². The van der Waals surface area contributed by atoms with Gasteiger partial charge in [0.2, 0.25) is 7.57 Å². The van der Waals surface area contributed by atoms with Crippen LogP contribution in [0.5, 0.6) is 0 Å². The number of hydrogen-bond acceptors (Lipinski definition) is 16. The van der Waals surface area contributed by atoms with E-state index in [1.807, 2.05) is 6.07 Å². The lowest BCUT2D eigenvalue weighted by Crippen LogP contribution is -2.38.